The van der Waals surface area contributed by atoms with Crippen molar-refractivity contribution in [1.29, 1.82) is 0 Å². The lowest BCUT2D eigenvalue weighted by atomic mass is 9.94. The summed E-state index contributed by atoms with van der Waals surface area (Å²) in [6.07, 6.45) is 6.10. The highest BCUT2D eigenvalue weighted by molar-refractivity contribution is 5.93. The van der Waals surface area contributed by atoms with Crippen molar-refractivity contribution < 1.29 is 77.5 Å². The van der Waals surface area contributed by atoms with Gasteiger partial charge in [0.2, 0.25) is 11.4 Å². The number of hydrogen-bond acceptors (Lipinski definition) is 7. The van der Waals surface area contributed by atoms with Gasteiger partial charge in [0, 0.05) is 91.9 Å². The molecule has 130 heavy (non-hydrogen) atoms. The van der Waals surface area contributed by atoms with E-state index in [1.807, 2.05) is 98.2 Å². The summed E-state index contributed by atoms with van der Waals surface area (Å²) < 4.78 is 4.39. The monoisotopic (exact) mass is 1910 g/mol. The molecule has 0 aliphatic carbocycles. The second kappa shape index (κ2) is 43.1. The van der Waals surface area contributed by atoms with E-state index in [2.05, 4.69) is 387 Å². The molecule has 9 nitrogen and oxygen atoms in total. The van der Waals surface area contributed by atoms with Crippen molar-refractivity contribution >= 4 is 53.9 Å². The molecule has 0 saturated carbocycles. The molecule has 4 N–H and O–H groups in total. The molecule has 636 valence electrons. The van der Waals surface area contributed by atoms with Crippen LogP contribution in [0.25, 0.3) is 177 Å². The summed E-state index contributed by atoms with van der Waals surface area (Å²) in [4.78, 5) is 14.2. The first-order valence-corrected chi connectivity index (χ1v) is 43.2. The van der Waals surface area contributed by atoms with Gasteiger partial charge in [-0.2, -0.15) is 4.57 Å². The van der Waals surface area contributed by atoms with E-state index in [0.717, 1.165) is 111 Å². The molecule has 0 fully saturated rings. The van der Waals surface area contributed by atoms with E-state index in [1.54, 1.807) is 0 Å². The first-order chi connectivity index (χ1) is 62.9. The van der Waals surface area contributed by atoms with Crippen molar-refractivity contribution in [2.45, 2.75) is 40.3 Å². The largest absolute Gasteiger partial charge is 1.00 e. The smallest absolute Gasteiger partial charge is 0.213 e. The summed E-state index contributed by atoms with van der Waals surface area (Å²) in [6.45, 7) is 3.73. The molecule has 5 aromatic heterocycles. The summed E-state index contributed by atoms with van der Waals surface area (Å²) in [5.41, 5.74) is 30.5. The van der Waals surface area contributed by atoms with Crippen LogP contribution < -0.4 is 57.1 Å². The van der Waals surface area contributed by atoms with E-state index >= 15 is 0 Å². The van der Waals surface area contributed by atoms with E-state index in [1.165, 1.54) is 99.4 Å². The zero-order chi connectivity index (χ0) is 87.7. The third-order valence-corrected chi connectivity index (χ3v) is 23.7. The van der Waals surface area contributed by atoms with Crippen molar-refractivity contribution in [3.63, 3.8) is 0 Å². The van der Waals surface area contributed by atoms with Crippen molar-refractivity contribution in [3.8, 4) is 123 Å². The average Bonchev–Trinajstić information content (AvgIpc) is 0.766. The molecule has 0 aliphatic heterocycles. The fourth-order valence-electron chi connectivity index (χ4n) is 16.7. The van der Waals surface area contributed by atoms with Crippen LogP contribution in [-0.4, -0.2) is 35.4 Å². The molecule has 16 aromatic carbocycles. The quantitative estimate of drug-likeness (QED) is 0.0595. The fraction of sp³-hybridized carbons (Fsp3) is 0.0672. The number of pyridine rings is 5. The number of fused-ring (bicyclic) bond motifs is 5. The number of aryl methyl sites for hydroxylation is 3. The number of aromatic nitrogens is 5. The highest BCUT2D eigenvalue weighted by Gasteiger charge is 2.21. The number of rotatable bonds is 15. The molecule has 0 spiro atoms. The van der Waals surface area contributed by atoms with Gasteiger partial charge in [0.15, 0.2) is 11.9 Å². The molecule has 0 aliphatic rings. The topological polar surface area (TPSA) is 127 Å². The van der Waals surface area contributed by atoms with Crippen LogP contribution in [0.1, 0.15) is 33.6 Å². The highest BCUT2D eigenvalue weighted by Crippen LogP contribution is 2.37. The number of aliphatic hydroxyl groups is 4. The van der Waals surface area contributed by atoms with Gasteiger partial charge >= 0.3 is 0 Å². The molecule has 21 rings (SSSR count). The van der Waals surface area contributed by atoms with Crippen molar-refractivity contribution in [2.24, 2.45) is 14.1 Å². The van der Waals surface area contributed by atoms with E-state index in [9.17, 15) is 20.4 Å². The summed E-state index contributed by atoms with van der Waals surface area (Å²) in [7, 11) is 4.18. The first kappa shape index (κ1) is 90.6. The fourth-order valence-corrected chi connectivity index (χ4v) is 16.7. The normalized spacial score (nSPS) is 10.8. The molecular formula is C119H97I2N5O4. The Balaban J connectivity index is 0.000000125. The number of hydrogen-bond donors (Lipinski definition) is 4. The molecule has 0 saturated heterocycles. The lowest BCUT2D eigenvalue weighted by Gasteiger charge is -2.12. The number of benzene rings is 16. The Hall–Kier alpha value is -14.1. The Morgan fingerprint density at radius 1 is 0.223 bits per heavy atom. The second-order valence-corrected chi connectivity index (χ2v) is 32.0. The minimum Gasteiger partial charge on any atom is -1.00 e. The summed E-state index contributed by atoms with van der Waals surface area (Å²) in [5, 5.41) is 49.9. The van der Waals surface area contributed by atoms with Crippen LogP contribution in [-0.2, 0) is 40.5 Å². The van der Waals surface area contributed by atoms with Crippen LogP contribution in [0.5, 0.6) is 0 Å². The highest BCUT2D eigenvalue weighted by atomic mass is 127. The standard InChI is InChI=1S/C27H19N.C25H24NO2.C24H21NO2.C22H18N.C21H15N.2HI/c1-3-9-20(10-4-1)24-15-25(21-11-5-2-6-12-21)17-26(16-24)27-18-22-13-7-8-14-23(22)19-28-27;1-17-24-13-23(16-28)22(15-27)12-21(24)14-25(26(17)2)20-10-6-9-19(11-20)18-7-4-3-5-8-18;1-16-23-12-22(15-27)21(14-26)11-20(23)13-24(25-16)19-9-5-8-18(10-19)17-6-3-2-4-7-17;1-23-16-21-11-6-5-10-19(21)15-22(23)20-13-7-12-18(14-20)17-8-3-2-4-9-17;1-2-7-16(8-3-1)17-11-6-12-19(13-17)21-14-18-9-4-5-10-20(18)15-22-21;;/h1-19H;3-14,27-28H,15-16H2,1-2H3;2-13,26-27H,14-15H2,1H3;2-16H,1H3;1-15H;2*1H/q;+1;;+1;;;/p-2. The lowest BCUT2D eigenvalue weighted by molar-refractivity contribution is -0.665. The van der Waals surface area contributed by atoms with Gasteiger partial charge in [0.05, 0.1) is 43.5 Å². The Bertz CT molecular complexity index is 7420. The SMILES string of the molecule is C[n+]1cc2ccccc2cc1-c1cccc(-c2ccccc2)c1.Cc1c2cc(CO)c(CO)cc2cc(-c2cccc(-c3ccccc3)c2)[n+]1C.Cc1nc(-c2cccc(-c3ccccc3)c2)cc2cc(CO)c(CO)cc12.[I-].[I-].c1ccc(-c2cc(-c3ccccc3)cc(-c3cc4ccccc4cn3)c2)cc1.c1ccc(-c2cccc(-c3cc4ccccc4cn3)c2)cc1. The van der Waals surface area contributed by atoms with Crippen LogP contribution in [0.15, 0.2) is 443 Å². The molecule has 11 heteroatoms. The minimum atomic E-state index is -0.0912. The predicted octanol–water partition coefficient (Wildman–Crippen LogP) is 21.0. The van der Waals surface area contributed by atoms with Gasteiger partial charge in [-0.15, -0.1) is 0 Å². The average molecular weight is 1910 g/mol. The zero-order valence-corrected chi connectivity index (χ0v) is 77.1. The molecular weight excluding hydrogens is 1820 g/mol. The van der Waals surface area contributed by atoms with Gasteiger partial charge in [-0.3, -0.25) is 15.0 Å². The van der Waals surface area contributed by atoms with Crippen molar-refractivity contribution in [2.75, 3.05) is 0 Å². The van der Waals surface area contributed by atoms with Gasteiger partial charge in [0.25, 0.3) is 0 Å². The van der Waals surface area contributed by atoms with Crippen molar-refractivity contribution in [1.82, 2.24) is 15.0 Å². The van der Waals surface area contributed by atoms with Crippen LogP contribution in [0.4, 0.5) is 0 Å². The Labute approximate surface area is 794 Å². The number of aliphatic hydroxyl groups excluding tert-OH is 4. The van der Waals surface area contributed by atoms with E-state index in [4.69, 9.17) is 9.97 Å². The van der Waals surface area contributed by atoms with Gasteiger partial charge in [-0.05, 0) is 226 Å². The van der Waals surface area contributed by atoms with Crippen molar-refractivity contribution in [3.05, 3.63) is 477 Å². The third kappa shape index (κ3) is 21.3. The van der Waals surface area contributed by atoms with Gasteiger partial charge in [-0.25, -0.2) is 4.57 Å². The molecule has 5 heterocycles. The van der Waals surface area contributed by atoms with E-state index in [-0.39, 0.29) is 74.4 Å². The molecule has 0 unspecified atom stereocenters. The maximum Gasteiger partial charge on any atom is 0.213 e. The second-order valence-electron chi connectivity index (χ2n) is 32.0. The Kier molecular flexibility index (Phi) is 30.1. The third-order valence-electron chi connectivity index (χ3n) is 23.7. The van der Waals surface area contributed by atoms with Crippen LogP contribution in [0, 0.1) is 13.8 Å². The molecule has 0 radical (unpaired) electrons. The maximum atomic E-state index is 9.67. The molecule has 0 bridgehead atoms. The van der Waals surface area contributed by atoms with Gasteiger partial charge in [0.1, 0.15) is 14.1 Å². The van der Waals surface area contributed by atoms with E-state index < -0.39 is 0 Å². The molecule has 0 atom stereocenters. The van der Waals surface area contributed by atoms with Gasteiger partial charge < -0.3 is 68.4 Å². The Morgan fingerprint density at radius 2 is 0.500 bits per heavy atom. The first-order valence-electron chi connectivity index (χ1n) is 43.2. The predicted molar refractivity (Wildman–Crippen MR) is 528 cm³/mol. The summed E-state index contributed by atoms with van der Waals surface area (Å²) in [5.74, 6) is 0. The van der Waals surface area contributed by atoms with Gasteiger partial charge in [-0.1, -0.05) is 309 Å². The molecule has 0 amide bonds. The maximum absolute atomic E-state index is 9.67. The summed E-state index contributed by atoms with van der Waals surface area (Å²) in [6, 6.07) is 147. The summed E-state index contributed by atoms with van der Waals surface area (Å²) >= 11 is 0. The van der Waals surface area contributed by atoms with E-state index in [0.29, 0.717) is 0 Å². The Morgan fingerprint density at radius 3 is 0.915 bits per heavy atom. The zero-order valence-electron chi connectivity index (χ0n) is 72.8. The van der Waals surface area contributed by atoms with Crippen LogP contribution in [0.2, 0.25) is 0 Å². The molecule has 21 aromatic rings. The minimum absolute atomic E-state index is 0. The number of nitrogens with zero attached hydrogens (tertiary/aromatic N) is 5. The van der Waals surface area contributed by atoms with Crippen LogP contribution >= 0.6 is 0 Å². The van der Waals surface area contributed by atoms with Crippen LogP contribution in [0.3, 0.4) is 0 Å². The number of halogens is 2. The lowest BCUT2D eigenvalue weighted by Crippen LogP contribution is -3.00.